The lowest BCUT2D eigenvalue weighted by molar-refractivity contribution is -0.132. The Balaban J connectivity index is 2.20. The van der Waals surface area contributed by atoms with E-state index in [4.69, 9.17) is 0 Å². The summed E-state index contributed by atoms with van der Waals surface area (Å²) in [7, 11) is 0. The highest BCUT2D eigenvalue weighted by molar-refractivity contribution is 5.78. The van der Waals surface area contributed by atoms with Gasteiger partial charge in [0.25, 0.3) is 0 Å². The second kappa shape index (κ2) is 7.70. The van der Waals surface area contributed by atoms with Crippen molar-refractivity contribution in [2.24, 2.45) is 5.92 Å². The summed E-state index contributed by atoms with van der Waals surface area (Å²) >= 11 is 0. The minimum Gasteiger partial charge on any atom is -0.339 e. The molecule has 1 rings (SSSR count). The van der Waals surface area contributed by atoms with Gasteiger partial charge in [-0.2, -0.15) is 0 Å². The lowest BCUT2D eigenvalue weighted by Crippen LogP contribution is -2.43. The van der Waals surface area contributed by atoms with Gasteiger partial charge in [-0.1, -0.05) is 19.8 Å². The molecule has 1 N–H and O–H groups in total. The first-order valence-corrected chi connectivity index (χ1v) is 7.15. The molecule has 3 nitrogen and oxygen atoms in total. The summed E-state index contributed by atoms with van der Waals surface area (Å²) in [6.07, 6.45) is 6.23. The molecule has 0 atom stereocenters. The van der Waals surface area contributed by atoms with Crippen molar-refractivity contribution in [3.8, 4) is 0 Å². The summed E-state index contributed by atoms with van der Waals surface area (Å²) in [5.74, 6) is 1.10. The maximum atomic E-state index is 12.0. The number of nitrogens with one attached hydrogen (secondary N) is 1. The van der Waals surface area contributed by atoms with Crippen LogP contribution >= 0.6 is 0 Å². The van der Waals surface area contributed by atoms with E-state index >= 15 is 0 Å². The topological polar surface area (TPSA) is 32.3 Å². The molecule has 3 heteroatoms. The fraction of sp³-hybridized carbons (Fsp3) is 0.929. The quantitative estimate of drug-likeness (QED) is 0.628. The lowest BCUT2D eigenvalue weighted by Gasteiger charge is -2.27. The van der Waals surface area contributed by atoms with E-state index < -0.39 is 0 Å². The third-order valence-corrected chi connectivity index (χ3v) is 3.35. The Labute approximate surface area is 106 Å². The van der Waals surface area contributed by atoms with Crippen molar-refractivity contribution in [1.29, 1.82) is 0 Å². The predicted octanol–water partition coefficient (Wildman–Crippen LogP) is 2.41. The first kappa shape index (κ1) is 14.5. The number of amides is 1. The van der Waals surface area contributed by atoms with Crippen molar-refractivity contribution in [3.05, 3.63) is 0 Å². The molecule has 0 aromatic heterocycles. The van der Waals surface area contributed by atoms with Gasteiger partial charge in [0.2, 0.25) is 5.91 Å². The average Bonchev–Trinajstić information content (AvgIpc) is 3.07. The fourth-order valence-electron chi connectivity index (χ4n) is 2.01. The van der Waals surface area contributed by atoms with Gasteiger partial charge < -0.3 is 10.2 Å². The van der Waals surface area contributed by atoms with Crippen LogP contribution in [0.1, 0.15) is 52.9 Å². The minimum atomic E-state index is 0.261. The van der Waals surface area contributed by atoms with Crippen LogP contribution in [0.3, 0.4) is 0 Å². The van der Waals surface area contributed by atoms with Gasteiger partial charge in [0.05, 0.1) is 6.54 Å². The SMILES string of the molecule is CCCCCN(C(=O)CNCC1CC1)C(C)C. The van der Waals surface area contributed by atoms with E-state index in [9.17, 15) is 4.79 Å². The second-order valence-corrected chi connectivity index (χ2v) is 5.46. The minimum absolute atomic E-state index is 0.261. The summed E-state index contributed by atoms with van der Waals surface area (Å²) in [5, 5.41) is 3.28. The van der Waals surface area contributed by atoms with E-state index in [1.165, 1.54) is 25.7 Å². The number of unbranched alkanes of at least 4 members (excludes halogenated alkanes) is 2. The van der Waals surface area contributed by atoms with Crippen LogP contribution < -0.4 is 5.32 Å². The molecule has 1 aliphatic carbocycles. The van der Waals surface area contributed by atoms with Crippen LogP contribution in [-0.2, 0) is 4.79 Å². The summed E-state index contributed by atoms with van der Waals surface area (Å²) < 4.78 is 0. The van der Waals surface area contributed by atoms with Crippen molar-refractivity contribution in [2.45, 2.75) is 58.9 Å². The molecule has 0 spiro atoms. The van der Waals surface area contributed by atoms with Crippen LogP contribution in [0.2, 0.25) is 0 Å². The van der Waals surface area contributed by atoms with Gasteiger partial charge in [0.15, 0.2) is 0 Å². The molecule has 1 saturated carbocycles. The standard InChI is InChI=1S/C14H28N2O/c1-4-5-6-9-16(12(2)3)14(17)11-15-10-13-7-8-13/h12-13,15H,4-11H2,1-3H3. The van der Waals surface area contributed by atoms with Gasteiger partial charge in [-0.05, 0) is 45.6 Å². The summed E-state index contributed by atoms with van der Waals surface area (Å²) in [4.78, 5) is 14.1. The smallest absolute Gasteiger partial charge is 0.236 e. The van der Waals surface area contributed by atoms with Crippen molar-refractivity contribution in [3.63, 3.8) is 0 Å². The van der Waals surface area contributed by atoms with E-state index in [0.29, 0.717) is 12.6 Å². The third-order valence-electron chi connectivity index (χ3n) is 3.35. The van der Waals surface area contributed by atoms with Crippen molar-refractivity contribution < 1.29 is 4.79 Å². The molecule has 0 bridgehead atoms. The molecule has 0 unspecified atom stereocenters. The van der Waals surface area contributed by atoms with Gasteiger partial charge in [-0.25, -0.2) is 0 Å². The van der Waals surface area contributed by atoms with Crippen molar-refractivity contribution >= 4 is 5.91 Å². The Kier molecular flexibility index (Phi) is 6.56. The van der Waals surface area contributed by atoms with E-state index in [1.807, 2.05) is 4.90 Å². The van der Waals surface area contributed by atoms with Crippen molar-refractivity contribution in [2.75, 3.05) is 19.6 Å². The number of carbonyl (C=O) groups excluding carboxylic acids is 1. The number of rotatable bonds is 9. The van der Waals surface area contributed by atoms with E-state index in [-0.39, 0.29) is 5.91 Å². The Morgan fingerprint density at radius 1 is 1.35 bits per heavy atom. The molecule has 0 aromatic carbocycles. The maximum Gasteiger partial charge on any atom is 0.236 e. The Morgan fingerprint density at radius 2 is 2.06 bits per heavy atom. The van der Waals surface area contributed by atoms with Crippen LogP contribution in [0.4, 0.5) is 0 Å². The summed E-state index contributed by atoms with van der Waals surface area (Å²) in [6.45, 7) is 8.84. The van der Waals surface area contributed by atoms with Gasteiger partial charge in [-0.15, -0.1) is 0 Å². The second-order valence-electron chi connectivity index (χ2n) is 5.46. The van der Waals surface area contributed by atoms with E-state index in [1.54, 1.807) is 0 Å². The zero-order chi connectivity index (χ0) is 12.7. The predicted molar refractivity (Wildman–Crippen MR) is 72.0 cm³/mol. The zero-order valence-corrected chi connectivity index (χ0v) is 11.7. The first-order chi connectivity index (χ1) is 8.15. The normalized spacial score (nSPS) is 15.3. The Morgan fingerprint density at radius 3 is 2.59 bits per heavy atom. The fourth-order valence-corrected chi connectivity index (χ4v) is 2.01. The molecular weight excluding hydrogens is 212 g/mol. The molecule has 0 heterocycles. The molecule has 1 aliphatic rings. The molecule has 1 amide bonds. The largest absolute Gasteiger partial charge is 0.339 e. The highest BCUT2D eigenvalue weighted by Gasteiger charge is 2.21. The van der Waals surface area contributed by atoms with E-state index in [0.717, 1.165) is 25.4 Å². The van der Waals surface area contributed by atoms with Crippen LogP contribution in [-0.4, -0.2) is 36.5 Å². The zero-order valence-electron chi connectivity index (χ0n) is 11.7. The number of hydrogen-bond acceptors (Lipinski definition) is 2. The molecule has 0 saturated heterocycles. The number of hydrogen-bond donors (Lipinski definition) is 1. The van der Waals surface area contributed by atoms with Crippen LogP contribution in [0.15, 0.2) is 0 Å². The first-order valence-electron chi connectivity index (χ1n) is 7.15. The monoisotopic (exact) mass is 240 g/mol. The van der Waals surface area contributed by atoms with Crippen LogP contribution in [0, 0.1) is 5.92 Å². The number of carbonyl (C=O) groups is 1. The molecule has 0 aliphatic heterocycles. The Bertz CT molecular complexity index is 224. The molecule has 0 radical (unpaired) electrons. The molecular formula is C14H28N2O. The van der Waals surface area contributed by atoms with Gasteiger partial charge >= 0.3 is 0 Å². The highest BCUT2D eigenvalue weighted by Crippen LogP contribution is 2.27. The molecule has 17 heavy (non-hydrogen) atoms. The maximum absolute atomic E-state index is 12.0. The van der Waals surface area contributed by atoms with Gasteiger partial charge in [0.1, 0.15) is 0 Å². The highest BCUT2D eigenvalue weighted by atomic mass is 16.2. The third kappa shape index (κ3) is 6.06. The van der Waals surface area contributed by atoms with Gasteiger partial charge in [0, 0.05) is 12.6 Å². The summed E-state index contributed by atoms with van der Waals surface area (Å²) in [6, 6.07) is 0.321. The van der Waals surface area contributed by atoms with Gasteiger partial charge in [-0.3, -0.25) is 4.79 Å². The average molecular weight is 240 g/mol. The molecule has 100 valence electrons. The van der Waals surface area contributed by atoms with Crippen LogP contribution in [0.25, 0.3) is 0 Å². The van der Waals surface area contributed by atoms with Crippen LogP contribution in [0.5, 0.6) is 0 Å². The summed E-state index contributed by atoms with van der Waals surface area (Å²) in [5.41, 5.74) is 0. The number of nitrogens with zero attached hydrogens (tertiary/aromatic N) is 1. The molecule has 0 aromatic rings. The van der Waals surface area contributed by atoms with E-state index in [2.05, 4.69) is 26.1 Å². The Hall–Kier alpha value is -0.570. The lowest BCUT2D eigenvalue weighted by atomic mass is 10.2. The molecule has 1 fully saturated rings. The van der Waals surface area contributed by atoms with Crippen molar-refractivity contribution in [1.82, 2.24) is 10.2 Å².